The number of nitrogens with zero attached hydrogens (tertiary/aromatic N) is 1. The zero-order valence-electron chi connectivity index (χ0n) is 11.6. The van der Waals surface area contributed by atoms with Gasteiger partial charge in [0.15, 0.2) is 0 Å². The number of carbonyl (C=O) groups excluding carboxylic acids is 1. The maximum Gasteiger partial charge on any atom is 0.265 e. The number of benzene rings is 1. The Morgan fingerprint density at radius 2 is 1.77 bits per heavy atom. The Hall–Kier alpha value is -0.740. The van der Waals surface area contributed by atoms with Crippen molar-refractivity contribution in [1.82, 2.24) is 4.31 Å². The minimum Gasteiger partial charge on any atom is -0.321 e. The van der Waals surface area contributed by atoms with Crippen molar-refractivity contribution >= 4 is 64.8 Å². The van der Waals surface area contributed by atoms with Crippen molar-refractivity contribution in [2.24, 2.45) is 0 Å². The van der Waals surface area contributed by atoms with Gasteiger partial charge in [0.05, 0.1) is 13.6 Å². The second kappa shape index (κ2) is 6.79. The molecule has 0 saturated heterocycles. The molecule has 118 valence electrons. The van der Waals surface area contributed by atoms with E-state index in [4.69, 9.17) is 0 Å². The Kier molecular flexibility index (Phi) is 5.44. The number of rotatable bonds is 4. The molecule has 0 fully saturated rings. The average Bonchev–Trinajstić information content (AvgIpc) is 2.79. The lowest BCUT2D eigenvalue weighted by atomic mass is 10.3. The van der Waals surface area contributed by atoms with Crippen LogP contribution in [0.25, 0.3) is 0 Å². The Labute approximate surface area is 149 Å². The molecule has 22 heavy (non-hydrogen) atoms. The number of anilines is 1. The highest BCUT2D eigenvalue weighted by Gasteiger charge is 2.17. The van der Waals surface area contributed by atoms with E-state index < -0.39 is 10.0 Å². The van der Waals surface area contributed by atoms with Crippen LogP contribution in [0.4, 0.5) is 5.69 Å². The zero-order chi connectivity index (χ0) is 16.5. The Morgan fingerprint density at radius 1 is 1.18 bits per heavy atom. The summed E-state index contributed by atoms with van der Waals surface area (Å²) in [5.41, 5.74) is 0.531. The summed E-state index contributed by atoms with van der Waals surface area (Å²) in [7, 11) is -0.527. The van der Waals surface area contributed by atoms with Crippen molar-refractivity contribution in [1.29, 1.82) is 0 Å². The van der Waals surface area contributed by atoms with Crippen LogP contribution in [0.1, 0.15) is 9.67 Å². The van der Waals surface area contributed by atoms with E-state index >= 15 is 0 Å². The quantitative estimate of drug-likeness (QED) is 0.743. The number of carbonyl (C=O) groups is 1. The lowest BCUT2D eigenvalue weighted by Gasteiger charge is -2.11. The molecule has 0 atom stereocenters. The predicted octanol–water partition coefficient (Wildman–Crippen LogP) is 3.78. The molecule has 1 heterocycles. The van der Waals surface area contributed by atoms with Crippen molar-refractivity contribution in [2.75, 3.05) is 19.4 Å². The van der Waals surface area contributed by atoms with Gasteiger partial charge in [-0.05, 0) is 62.2 Å². The first-order valence-corrected chi connectivity index (χ1v) is 9.85. The first-order chi connectivity index (χ1) is 10.2. The molecule has 0 aliphatic rings. The largest absolute Gasteiger partial charge is 0.321 e. The third kappa shape index (κ3) is 3.77. The van der Waals surface area contributed by atoms with Crippen molar-refractivity contribution in [3.8, 4) is 0 Å². The average molecular weight is 468 g/mol. The highest BCUT2D eigenvalue weighted by atomic mass is 79.9. The maximum absolute atomic E-state index is 12.1. The van der Waals surface area contributed by atoms with Crippen LogP contribution < -0.4 is 5.32 Å². The summed E-state index contributed by atoms with van der Waals surface area (Å²) in [5.74, 6) is -0.250. The summed E-state index contributed by atoms with van der Waals surface area (Å²) in [6.45, 7) is 0. The van der Waals surface area contributed by atoms with Gasteiger partial charge in [-0.1, -0.05) is 0 Å². The van der Waals surface area contributed by atoms with Gasteiger partial charge in [0, 0.05) is 24.3 Å². The fraction of sp³-hybridized carbons (Fsp3) is 0.154. The van der Waals surface area contributed by atoms with Crippen molar-refractivity contribution < 1.29 is 13.2 Å². The molecule has 2 aromatic rings. The Bertz CT molecular complexity index is 780. The SMILES string of the molecule is CN(C)S(=O)(=O)c1ccc(NC(=O)c2cc(Br)c(Br)s2)cc1. The summed E-state index contributed by atoms with van der Waals surface area (Å²) >= 11 is 7.97. The predicted molar refractivity (Wildman–Crippen MR) is 95.0 cm³/mol. The lowest BCUT2D eigenvalue weighted by molar-refractivity contribution is 0.103. The van der Waals surface area contributed by atoms with Crippen LogP contribution in [-0.4, -0.2) is 32.7 Å². The van der Waals surface area contributed by atoms with Crippen LogP contribution in [0.3, 0.4) is 0 Å². The first kappa shape index (κ1) is 17.6. The molecule has 2 rings (SSSR count). The van der Waals surface area contributed by atoms with Crippen molar-refractivity contribution in [2.45, 2.75) is 4.90 Å². The number of amides is 1. The van der Waals surface area contributed by atoms with Gasteiger partial charge in [0.2, 0.25) is 10.0 Å². The molecule has 1 N–H and O–H groups in total. The fourth-order valence-electron chi connectivity index (χ4n) is 1.57. The maximum atomic E-state index is 12.1. The lowest BCUT2D eigenvalue weighted by Crippen LogP contribution is -2.22. The van der Waals surface area contributed by atoms with Crippen LogP contribution in [0, 0.1) is 0 Å². The van der Waals surface area contributed by atoms with E-state index in [1.165, 1.54) is 37.6 Å². The van der Waals surface area contributed by atoms with E-state index in [9.17, 15) is 13.2 Å². The highest BCUT2D eigenvalue weighted by molar-refractivity contribution is 9.13. The number of halogens is 2. The molecule has 9 heteroatoms. The molecular weight excluding hydrogens is 456 g/mol. The standard InChI is InChI=1S/C13H12Br2N2O3S2/c1-17(2)22(19,20)9-5-3-8(4-6-9)16-13(18)11-7-10(14)12(15)21-11/h3-7H,1-2H3,(H,16,18). The second-order valence-electron chi connectivity index (χ2n) is 4.50. The fourth-order valence-corrected chi connectivity index (χ4v) is 4.40. The second-order valence-corrected chi connectivity index (χ2v) is 9.87. The molecule has 1 aromatic heterocycles. The molecule has 0 unspecified atom stereocenters. The number of nitrogens with one attached hydrogen (secondary N) is 1. The molecule has 0 aliphatic carbocycles. The molecule has 0 bridgehead atoms. The van der Waals surface area contributed by atoms with Crippen LogP contribution in [0.15, 0.2) is 43.5 Å². The van der Waals surface area contributed by atoms with Gasteiger partial charge in [-0.25, -0.2) is 12.7 Å². The normalized spacial score (nSPS) is 11.7. The molecule has 0 spiro atoms. The van der Waals surface area contributed by atoms with Gasteiger partial charge in [-0.2, -0.15) is 0 Å². The minimum absolute atomic E-state index is 0.178. The molecular formula is C13H12Br2N2O3S2. The van der Waals surface area contributed by atoms with E-state index in [0.717, 1.165) is 12.6 Å². The van der Waals surface area contributed by atoms with Gasteiger partial charge in [-0.3, -0.25) is 4.79 Å². The van der Waals surface area contributed by atoms with Crippen molar-refractivity contribution in [3.05, 3.63) is 43.5 Å². The van der Waals surface area contributed by atoms with Crippen LogP contribution in [0.2, 0.25) is 0 Å². The van der Waals surface area contributed by atoms with Gasteiger partial charge >= 0.3 is 0 Å². The van der Waals surface area contributed by atoms with Crippen LogP contribution >= 0.6 is 43.2 Å². The van der Waals surface area contributed by atoms with E-state index in [-0.39, 0.29) is 10.8 Å². The smallest absolute Gasteiger partial charge is 0.265 e. The summed E-state index contributed by atoms with van der Waals surface area (Å²) in [5, 5.41) is 2.73. The number of sulfonamides is 1. The monoisotopic (exact) mass is 466 g/mol. The third-order valence-corrected chi connectivity index (χ3v) is 7.84. The first-order valence-electron chi connectivity index (χ1n) is 6.00. The van der Waals surface area contributed by atoms with Gasteiger partial charge in [0.25, 0.3) is 5.91 Å². The van der Waals surface area contributed by atoms with E-state index in [0.29, 0.717) is 10.6 Å². The van der Waals surface area contributed by atoms with E-state index in [1.807, 2.05) is 0 Å². The van der Waals surface area contributed by atoms with Crippen LogP contribution in [0.5, 0.6) is 0 Å². The molecule has 5 nitrogen and oxygen atoms in total. The number of thiophene rings is 1. The molecule has 0 saturated carbocycles. The summed E-state index contributed by atoms with van der Waals surface area (Å²) < 4.78 is 26.7. The van der Waals surface area contributed by atoms with Crippen LogP contribution in [-0.2, 0) is 10.0 Å². The number of hydrogen-bond acceptors (Lipinski definition) is 4. The van der Waals surface area contributed by atoms with E-state index in [1.54, 1.807) is 18.2 Å². The van der Waals surface area contributed by atoms with Gasteiger partial charge < -0.3 is 5.32 Å². The molecule has 0 radical (unpaired) electrons. The number of hydrogen-bond donors (Lipinski definition) is 1. The molecule has 1 aromatic carbocycles. The minimum atomic E-state index is -3.47. The zero-order valence-corrected chi connectivity index (χ0v) is 16.4. The Balaban J connectivity index is 2.16. The van der Waals surface area contributed by atoms with Gasteiger partial charge in [0.1, 0.15) is 0 Å². The van der Waals surface area contributed by atoms with Gasteiger partial charge in [-0.15, -0.1) is 11.3 Å². The van der Waals surface area contributed by atoms with E-state index in [2.05, 4.69) is 37.2 Å². The topological polar surface area (TPSA) is 66.5 Å². The molecule has 0 aliphatic heterocycles. The summed E-state index contributed by atoms with van der Waals surface area (Å²) in [6, 6.07) is 7.77. The summed E-state index contributed by atoms with van der Waals surface area (Å²) in [4.78, 5) is 12.8. The van der Waals surface area contributed by atoms with Crippen molar-refractivity contribution in [3.63, 3.8) is 0 Å². The highest BCUT2D eigenvalue weighted by Crippen LogP contribution is 2.32. The molecule has 1 amide bonds. The Morgan fingerprint density at radius 3 is 2.23 bits per heavy atom. The third-order valence-electron chi connectivity index (χ3n) is 2.76. The summed E-state index contributed by atoms with van der Waals surface area (Å²) in [6.07, 6.45) is 0.